The summed E-state index contributed by atoms with van der Waals surface area (Å²) in [7, 11) is -3.89. The van der Waals surface area contributed by atoms with E-state index in [0.717, 1.165) is 0 Å². The highest BCUT2D eigenvalue weighted by atomic mass is 79.9. The lowest BCUT2D eigenvalue weighted by atomic mass is 10.0. The molecule has 0 fully saturated rings. The molecule has 0 aromatic rings. The normalized spacial score (nSPS) is 13.7. The molecular weight excluding hydrogens is 324 g/mol. The van der Waals surface area contributed by atoms with Crippen LogP contribution in [0.5, 0.6) is 0 Å². The van der Waals surface area contributed by atoms with E-state index >= 15 is 0 Å². The minimum Gasteiger partial charge on any atom is -0.446 e. The van der Waals surface area contributed by atoms with Gasteiger partial charge in [-0.1, -0.05) is 29.8 Å². The maximum Gasteiger partial charge on any atom is 0.422 e. The molecule has 0 aromatic carbocycles. The second-order valence-corrected chi connectivity index (χ2v) is 6.75. The van der Waals surface area contributed by atoms with Gasteiger partial charge in [0.25, 0.3) is 0 Å². The van der Waals surface area contributed by atoms with Crippen molar-refractivity contribution in [3.05, 3.63) is 0 Å². The van der Waals surface area contributed by atoms with Crippen LogP contribution in [0.2, 0.25) is 0 Å². The molecule has 0 rings (SSSR count). The lowest BCUT2D eigenvalue weighted by Crippen LogP contribution is -2.47. The minimum atomic E-state index is -3.89. The third-order valence-corrected chi connectivity index (χ3v) is 3.60. The Hall–Kier alpha value is -0.340. The van der Waals surface area contributed by atoms with Gasteiger partial charge in [0.05, 0.1) is 6.10 Å². The summed E-state index contributed by atoms with van der Waals surface area (Å²) in [6.07, 6.45) is -0.708. The third-order valence-electron chi connectivity index (χ3n) is 2.09. The Kier molecular flexibility index (Phi) is 7.81. The fourth-order valence-electron chi connectivity index (χ4n) is 1.22. The Bertz CT molecular complexity index is 357. The van der Waals surface area contributed by atoms with Gasteiger partial charge >= 0.3 is 16.3 Å². The first-order valence-corrected chi connectivity index (χ1v) is 8.35. The summed E-state index contributed by atoms with van der Waals surface area (Å²) in [6, 6.07) is -0.242. The number of alkyl halides is 1. The molecule has 108 valence electrons. The zero-order valence-corrected chi connectivity index (χ0v) is 13.5. The Morgan fingerprint density at radius 3 is 2.22 bits per heavy atom. The second-order valence-electron chi connectivity index (χ2n) is 4.51. The van der Waals surface area contributed by atoms with Gasteiger partial charge in [-0.3, -0.25) is 0 Å². The van der Waals surface area contributed by atoms with E-state index in [-0.39, 0.29) is 18.1 Å². The van der Waals surface area contributed by atoms with Crippen LogP contribution in [0, 0.1) is 5.92 Å². The lowest BCUT2D eigenvalue weighted by molar-refractivity contribution is 0.121. The van der Waals surface area contributed by atoms with Gasteiger partial charge in [-0.15, -0.1) is 0 Å². The summed E-state index contributed by atoms with van der Waals surface area (Å²) in [5, 5.41) is 0.675. The molecule has 0 saturated heterocycles. The van der Waals surface area contributed by atoms with E-state index in [0.29, 0.717) is 11.8 Å². The fraction of sp³-hybridized carbons (Fsp3) is 0.900. The van der Waals surface area contributed by atoms with E-state index in [2.05, 4.69) is 20.7 Å². The highest BCUT2D eigenvalue weighted by molar-refractivity contribution is 9.09. The van der Waals surface area contributed by atoms with Gasteiger partial charge in [-0.25, -0.2) is 9.52 Å². The molecule has 2 N–H and O–H groups in total. The Morgan fingerprint density at radius 2 is 1.83 bits per heavy atom. The highest BCUT2D eigenvalue weighted by Crippen LogP contribution is 2.08. The standard InChI is InChI=1S/C10H21BrN2O4S/c1-7(2)9(5-6-11)12-18(15,16)13-10(14)17-8(3)4/h7-9,12H,5-6H2,1-4H3,(H,13,14). The molecular formula is C10H21BrN2O4S. The zero-order valence-electron chi connectivity index (χ0n) is 11.1. The van der Waals surface area contributed by atoms with E-state index in [1.165, 1.54) is 0 Å². The second kappa shape index (κ2) is 7.96. The molecule has 6 nitrogen and oxygen atoms in total. The number of rotatable bonds is 7. The zero-order chi connectivity index (χ0) is 14.3. The Morgan fingerprint density at radius 1 is 1.28 bits per heavy atom. The summed E-state index contributed by atoms with van der Waals surface area (Å²) in [5.41, 5.74) is 0. The van der Waals surface area contributed by atoms with Gasteiger partial charge < -0.3 is 4.74 Å². The van der Waals surface area contributed by atoms with Crippen LogP contribution in [0.3, 0.4) is 0 Å². The maximum atomic E-state index is 11.7. The van der Waals surface area contributed by atoms with Crippen LogP contribution in [0.1, 0.15) is 34.1 Å². The Labute approximate surface area is 117 Å². The molecule has 0 aliphatic heterocycles. The van der Waals surface area contributed by atoms with Gasteiger partial charge in [-0.2, -0.15) is 13.1 Å². The van der Waals surface area contributed by atoms with Crippen molar-refractivity contribution in [2.75, 3.05) is 5.33 Å². The van der Waals surface area contributed by atoms with Crippen molar-refractivity contribution in [1.82, 2.24) is 9.44 Å². The molecule has 0 heterocycles. The minimum absolute atomic E-state index is 0.125. The molecule has 0 radical (unpaired) electrons. The van der Waals surface area contributed by atoms with Crippen LogP contribution >= 0.6 is 15.9 Å². The molecule has 8 heteroatoms. The van der Waals surface area contributed by atoms with Crippen molar-refractivity contribution in [1.29, 1.82) is 0 Å². The molecule has 0 spiro atoms. The number of hydrogen-bond acceptors (Lipinski definition) is 4. The summed E-state index contributed by atoms with van der Waals surface area (Å²) in [5.74, 6) is 0.125. The van der Waals surface area contributed by atoms with E-state index in [1.54, 1.807) is 13.8 Å². The van der Waals surface area contributed by atoms with Gasteiger partial charge in [0.1, 0.15) is 0 Å². The predicted molar refractivity (Wildman–Crippen MR) is 73.8 cm³/mol. The molecule has 1 atom stereocenters. The van der Waals surface area contributed by atoms with Crippen LogP contribution in [0.4, 0.5) is 4.79 Å². The number of halogens is 1. The molecule has 0 aliphatic carbocycles. The SMILES string of the molecule is CC(C)OC(=O)NS(=O)(=O)NC(CCBr)C(C)C. The average Bonchev–Trinajstić information content (AvgIpc) is 2.13. The van der Waals surface area contributed by atoms with Crippen LogP contribution in [-0.2, 0) is 14.9 Å². The molecule has 0 saturated carbocycles. The monoisotopic (exact) mass is 344 g/mol. The topological polar surface area (TPSA) is 84.5 Å². The quantitative estimate of drug-likeness (QED) is 0.689. The highest BCUT2D eigenvalue weighted by Gasteiger charge is 2.22. The van der Waals surface area contributed by atoms with Crippen LogP contribution in [-0.4, -0.2) is 32.0 Å². The predicted octanol–water partition coefficient (Wildman–Crippen LogP) is 1.77. The van der Waals surface area contributed by atoms with Gasteiger partial charge in [-0.05, 0) is 26.2 Å². The molecule has 1 unspecified atom stereocenters. The first-order chi connectivity index (χ1) is 8.18. The van der Waals surface area contributed by atoms with Gasteiger partial charge in [0.15, 0.2) is 0 Å². The summed E-state index contributed by atoms with van der Waals surface area (Å²) >= 11 is 3.26. The third kappa shape index (κ3) is 7.88. The van der Waals surface area contributed by atoms with Gasteiger partial charge in [0, 0.05) is 11.4 Å². The van der Waals surface area contributed by atoms with E-state index < -0.39 is 16.3 Å². The largest absolute Gasteiger partial charge is 0.446 e. The van der Waals surface area contributed by atoms with Crippen LogP contribution in [0.25, 0.3) is 0 Å². The number of ether oxygens (including phenoxy) is 1. The van der Waals surface area contributed by atoms with Gasteiger partial charge in [0.2, 0.25) is 0 Å². The van der Waals surface area contributed by atoms with Crippen molar-refractivity contribution < 1.29 is 17.9 Å². The maximum absolute atomic E-state index is 11.7. The van der Waals surface area contributed by atoms with E-state index in [4.69, 9.17) is 4.74 Å². The summed E-state index contributed by atoms with van der Waals surface area (Å²) in [6.45, 7) is 7.09. The smallest absolute Gasteiger partial charge is 0.422 e. The Balaban J connectivity index is 4.49. The average molecular weight is 345 g/mol. The van der Waals surface area contributed by atoms with E-state index in [1.807, 2.05) is 18.6 Å². The first kappa shape index (κ1) is 17.7. The van der Waals surface area contributed by atoms with Crippen molar-refractivity contribution in [3.8, 4) is 0 Å². The van der Waals surface area contributed by atoms with Crippen molar-refractivity contribution in [2.45, 2.75) is 46.3 Å². The number of amides is 1. The molecule has 0 aliphatic rings. The summed E-state index contributed by atoms with van der Waals surface area (Å²) < 4.78 is 32.3. The molecule has 18 heavy (non-hydrogen) atoms. The van der Waals surface area contributed by atoms with Crippen molar-refractivity contribution in [2.24, 2.45) is 5.92 Å². The summed E-state index contributed by atoms with van der Waals surface area (Å²) in [4.78, 5) is 11.2. The van der Waals surface area contributed by atoms with Crippen LogP contribution < -0.4 is 9.44 Å². The number of hydrogen-bond donors (Lipinski definition) is 2. The van der Waals surface area contributed by atoms with Crippen molar-refractivity contribution >= 4 is 32.2 Å². The van der Waals surface area contributed by atoms with Crippen LogP contribution in [0.15, 0.2) is 0 Å². The van der Waals surface area contributed by atoms with E-state index in [9.17, 15) is 13.2 Å². The lowest BCUT2D eigenvalue weighted by Gasteiger charge is -2.21. The number of nitrogens with one attached hydrogen (secondary N) is 2. The molecule has 0 aromatic heterocycles. The van der Waals surface area contributed by atoms with Crippen molar-refractivity contribution in [3.63, 3.8) is 0 Å². The number of carbonyl (C=O) groups excluding carboxylic acids is 1. The fourth-order valence-corrected chi connectivity index (χ4v) is 2.83. The number of carbonyl (C=O) groups is 1. The molecule has 1 amide bonds. The molecule has 0 bridgehead atoms. The first-order valence-electron chi connectivity index (χ1n) is 5.74.